The second kappa shape index (κ2) is 10.9. The summed E-state index contributed by atoms with van der Waals surface area (Å²) < 4.78 is 0. The van der Waals surface area contributed by atoms with Gasteiger partial charge in [0.05, 0.1) is 11.4 Å². The average Bonchev–Trinajstić information content (AvgIpc) is 2.34. The molecule has 15 heavy (non-hydrogen) atoms. The zero-order valence-electron chi connectivity index (χ0n) is 11.3. The molecule has 2 nitrogen and oxygen atoms in total. The molecule has 0 spiro atoms. The first-order valence-corrected chi connectivity index (χ1v) is 5.70. The largest absolute Gasteiger partial charge is 0.386 e. The van der Waals surface area contributed by atoms with Gasteiger partial charge in [-0.05, 0) is 12.1 Å². The fourth-order valence-electron chi connectivity index (χ4n) is 1.08. The summed E-state index contributed by atoms with van der Waals surface area (Å²) in [7, 11) is 6.01. The third-order valence-corrected chi connectivity index (χ3v) is 1.66. The summed E-state index contributed by atoms with van der Waals surface area (Å²) in [5, 5.41) is 3.14. The minimum absolute atomic E-state index is 1.16. The Balaban J connectivity index is 0. The van der Waals surface area contributed by atoms with Gasteiger partial charge in [0.25, 0.3) is 0 Å². The Labute approximate surface area is 95.3 Å². The van der Waals surface area contributed by atoms with Crippen LogP contribution < -0.4 is 10.2 Å². The van der Waals surface area contributed by atoms with Crippen LogP contribution in [-0.2, 0) is 0 Å². The molecule has 0 saturated carbocycles. The molecule has 0 aromatic heterocycles. The highest BCUT2D eigenvalue weighted by Crippen LogP contribution is 2.22. The number of anilines is 2. The van der Waals surface area contributed by atoms with Gasteiger partial charge in [-0.2, -0.15) is 0 Å². The minimum Gasteiger partial charge on any atom is -0.386 e. The number of nitrogens with zero attached hydrogens (tertiary/aromatic N) is 1. The number of benzene rings is 1. The van der Waals surface area contributed by atoms with Gasteiger partial charge in [0.15, 0.2) is 0 Å². The highest BCUT2D eigenvalue weighted by molar-refractivity contribution is 5.68. The van der Waals surface area contributed by atoms with Gasteiger partial charge < -0.3 is 10.2 Å². The van der Waals surface area contributed by atoms with Crippen LogP contribution in [0.3, 0.4) is 0 Å². The molecule has 1 rings (SSSR count). The molecule has 0 saturated heterocycles. The van der Waals surface area contributed by atoms with Crippen molar-refractivity contribution in [3.63, 3.8) is 0 Å². The molecule has 0 aliphatic rings. The van der Waals surface area contributed by atoms with Crippen molar-refractivity contribution in [3.05, 3.63) is 24.3 Å². The Morgan fingerprint density at radius 2 is 1.40 bits per heavy atom. The molecule has 0 bridgehead atoms. The van der Waals surface area contributed by atoms with Gasteiger partial charge >= 0.3 is 0 Å². The first kappa shape index (κ1) is 16.3. The predicted molar refractivity (Wildman–Crippen MR) is 73.0 cm³/mol. The summed E-state index contributed by atoms with van der Waals surface area (Å²) in [6.07, 6.45) is 0. The van der Waals surface area contributed by atoms with Gasteiger partial charge in [-0.15, -0.1) is 0 Å². The van der Waals surface area contributed by atoms with E-state index in [1.165, 1.54) is 5.69 Å². The summed E-state index contributed by atoms with van der Waals surface area (Å²) in [4.78, 5) is 2.09. The van der Waals surface area contributed by atoms with Gasteiger partial charge in [0.1, 0.15) is 0 Å². The van der Waals surface area contributed by atoms with Crippen LogP contribution in [0.1, 0.15) is 27.7 Å². The molecular formula is C13H26N2. The Bertz CT molecular complexity index is 232. The quantitative estimate of drug-likeness (QED) is 0.797. The second-order valence-corrected chi connectivity index (χ2v) is 2.66. The van der Waals surface area contributed by atoms with E-state index in [2.05, 4.69) is 22.3 Å². The average molecular weight is 210 g/mol. The van der Waals surface area contributed by atoms with Crippen LogP contribution in [0, 0.1) is 0 Å². The van der Waals surface area contributed by atoms with Crippen LogP contribution in [0.5, 0.6) is 0 Å². The van der Waals surface area contributed by atoms with Crippen molar-refractivity contribution in [1.29, 1.82) is 0 Å². The third-order valence-electron chi connectivity index (χ3n) is 1.66. The maximum atomic E-state index is 3.14. The Morgan fingerprint density at radius 3 is 1.73 bits per heavy atom. The van der Waals surface area contributed by atoms with Crippen LogP contribution in [0.15, 0.2) is 24.3 Å². The molecule has 0 radical (unpaired) electrons. The van der Waals surface area contributed by atoms with Crippen molar-refractivity contribution < 1.29 is 0 Å². The molecule has 0 unspecified atom stereocenters. The predicted octanol–water partition coefficient (Wildman–Crippen LogP) is 3.85. The molecular weight excluding hydrogens is 184 g/mol. The van der Waals surface area contributed by atoms with Crippen LogP contribution in [0.4, 0.5) is 11.4 Å². The van der Waals surface area contributed by atoms with E-state index < -0.39 is 0 Å². The standard InChI is InChI=1S/C9H14N2.2C2H6/c1-10-8-6-4-5-7-9(8)11(2)3;2*1-2/h4-7,10H,1-3H3;2*1-2H3. The second-order valence-electron chi connectivity index (χ2n) is 2.66. The molecule has 0 aliphatic heterocycles. The van der Waals surface area contributed by atoms with Crippen molar-refractivity contribution >= 4 is 11.4 Å². The number of nitrogens with one attached hydrogen (secondary N) is 1. The fourth-order valence-corrected chi connectivity index (χ4v) is 1.08. The van der Waals surface area contributed by atoms with E-state index in [-0.39, 0.29) is 0 Å². The Kier molecular flexibility index (Phi) is 11.8. The summed E-state index contributed by atoms with van der Waals surface area (Å²) in [6.45, 7) is 8.00. The molecule has 88 valence electrons. The van der Waals surface area contributed by atoms with Crippen molar-refractivity contribution in [2.24, 2.45) is 0 Å². The SMILES string of the molecule is CC.CC.CNc1ccccc1N(C)C. The molecule has 1 aromatic rings. The van der Waals surface area contributed by atoms with Gasteiger partial charge in [0, 0.05) is 21.1 Å². The molecule has 0 heterocycles. The number of para-hydroxylation sites is 2. The lowest BCUT2D eigenvalue weighted by atomic mass is 10.2. The Hall–Kier alpha value is -1.18. The van der Waals surface area contributed by atoms with Crippen LogP contribution >= 0.6 is 0 Å². The van der Waals surface area contributed by atoms with Gasteiger partial charge in [-0.1, -0.05) is 39.8 Å². The summed E-state index contributed by atoms with van der Waals surface area (Å²) in [5.41, 5.74) is 2.38. The van der Waals surface area contributed by atoms with E-state index in [4.69, 9.17) is 0 Å². The zero-order valence-corrected chi connectivity index (χ0v) is 11.3. The van der Waals surface area contributed by atoms with E-state index in [9.17, 15) is 0 Å². The number of hydrogen-bond donors (Lipinski definition) is 1. The lowest BCUT2D eigenvalue weighted by Gasteiger charge is -2.16. The molecule has 2 heteroatoms. The molecule has 0 amide bonds. The monoisotopic (exact) mass is 210 g/mol. The smallest absolute Gasteiger partial charge is 0.0596 e. The summed E-state index contributed by atoms with van der Waals surface area (Å²) in [5.74, 6) is 0. The van der Waals surface area contributed by atoms with Crippen molar-refractivity contribution in [2.75, 3.05) is 31.4 Å². The lowest BCUT2D eigenvalue weighted by Crippen LogP contribution is -2.10. The van der Waals surface area contributed by atoms with E-state index >= 15 is 0 Å². The van der Waals surface area contributed by atoms with Crippen molar-refractivity contribution in [1.82, 2.24) is 0 Å². The number of hydrogen-bond acceptors (Lipinski definition) is 2. The van der Waals surface area contributed by atoms with E-state index in [0.717, 1.165) is 5.69 Å². The summed E-state index contributed by atoms with van der Waals surface area (Å²) in [6, 6.07) is 8.22. The van der Waals surface area contributed by atoms with E-state index in [1.54, 1.807) is 0 Å². The molecule has 0 fully saturated rings. The first-order chi connectivity index (χ1) is 7.25. The van der Waals surface area contributed by atoms with Crippen LogP contribution in [0.2, 0.25) is 0 Å². The maximum Gasteiger partial charge on any atom is 0.0596 e. The fraction of sp³-hybridized carbons (Fsp3) is 0.538. The molecule has 1 N–H and O–H groups in total. The van der Waals surface area contributed by atoms with E-state index in [0.29, 0.717) is 0 Å². The highest BCUT2D eigenvalue weighted by Gasteiger charge is 1.98. The molecule has 0 aliphatic carbocycles. The van der Waals surface area contributed by atoms with Crippen molar-refractivity contribution in [3.8, 4) is 0 Å². The summed E-state index contributed by atoms with van der Waals surface area (Å²) >= 11 is 0. The maximum absolute atomic E-state index is 3.14. The van der Waals surface area contributed by atoms with E-state index in [1.807, 2.05) is 61.0 Å². The van der Waals surface area contributed by atoms with Crippen LogP contribution in [-0.4, -0.2) is 21.1 Å². The third kappa shape index (κ3) is 6.00. The topological polar surface area (TPSA) is 15.3 Å². The van der Waals surface area contributed by atoms with Crippen molar-refractivity contribution in [2.45, 2.75) is 27.7 Å². The number of rotatable bonds is 2. The Morgan fingerprint density at radius 1 is 0.933 bits per heavy atom. The van der Waals surface area contributed by atoms with Gasteiger partial charge in [0.2, 0.25) is 0 Å². The normalized spacial score (nSPS) is 7.67. The lowest BCUT2D eigenvalue weighted by molar-refractivity contribution is 1.13. The zero-order chi connectivity index (χ0) is 12.3. The van der Waals surface area contributed by atoms with Gasteiger partial charge in [-0.3, -0.25) is 0 Å². The van der Waals surface area contributed by atoms with Gasteiger partial charge in [-0.25, -0.2) is 0 Å². The first-order valence-electron chi connectivity index (χ1n) is 5.70. The highest BCUT2D eigenvalue weighted by atomic mass is 15.1. The molecule has 1 aromatic carbocycles. The molecule has 0 atom stereocenters. The minimum atomic E-state index is 1.16. The van der Waals surface area contributed by atoms with Crippen LogP contribution in [0.25, 0.3) is 0 Å².